The van der Waals surface area contributed by atoms with E-state index < -0.39 is 0 Å². The Hall–Kier alpha value is -1.40. The Balaban J connectivity index is 1.64. The molecule has 2 amide bonds. The molecule has 2 aliphatic heterocycles. The van der Waals surface area contributed by atoms with Crippen LogP contribution in [-0.4, -0.2) is 61.3 Å². The van der Waals surface area contributed by atoms with Crippen LogP contribution < -0.4 is 10.2 Å². The lowest BCUT2D eigenvalue weighted by Crippen LogP contribution is -2.46. The van der Waals surface area contributed by atoms with Crippen LogP contribution in [0.25, 0.3) is 0 Å². The van der Waals surface area contributed by atoms with Crippen LogP contribution in [0.15, 0.2) is 18.2 Å². The average Bonchev–Trinajstić information content (AvgIpc) is 2.57. The number of hydrogen-bond acceptors (Lipinski definition) is 4. The number of aryl methyl sites for hydroxylation is 1. The molecule has 0 bridgehead atoms. The van der Waals surface area contributed by atoms with Crippen LogP contribution in [0.4, 0.5) is 16.2 Å². The topological polar surface area (TPSA) is 44.8 Å². The maximum Gasteiger partial charge on any atom is 0.322 e. The van der Waals surface area contributed by atoms with Crippen molar-refractivity contribution >= 4 is 29.2 Å². The van der Waals surface area contributed by atoms with Crippen LogP contribution in [0.2, 0.25) is 0 Å². The molecule has 5 nitrogen and oxygen atoms in total. The summed E-state index contributed by atoms with van der Waals surface area (Å²) in [5.74, 6) is 2.37. The molecule has 1 aromatic rings. The summed E-state index contributed by atoms with van der Waals surface area (Å²) < 4.78 is 5.49. The smallest absolute Gasteiger partial charge is 0.322 e. The number of amides is 2. The summed E-state index contributed by atoms with van der Waals surface area (Å²) in [5, 5.41) is 3.04. The molecule has 0 aromatic heterocycles. The second-order valence-electron chi connectivity index (χ2n) is 6.16. The molecule has 0 spiro atoms. The summed E-state index contributed by atoms with van der Waals surface area (Å²) >= 11 is 2.01. The van der Waals surface area contributed by atoms with Gasteiger partial charge in [0, 0.05) is 49.1 Å². The molecule has 1 aromatic carbocycles. The van der Waals surface area contributed by atoms with Gasteiger partial charge in [-0.05, 0) is 37.6 Å². The predicted octanol–water partition coefficient (Wildman–Crippen LogP) is 2.80. The lowest BCUT2D eigenvalue weighted by Gasteiger charge is -2.31. The summed E-state index contributed by atoms with van der Waals surface area (Å²) in [7, 11) is 0. The zero-order valence-corrected chi connectivity index (χ0v) is 14.7. The SMILES string of the molecule is Cc1cc(N2CCSCC2)ccc1NC(=O)N1CCOC(C)C1. The van der Waals surface area contributed by atoms with Crippen LogP contribution in [0.5, 0.6) is 0 Å². The third kappa shape index (κ3) is 4.12. The molecule has 2 heterocycles. The van der Waals surface area contributed by atoms with Crippen molar-refractivity contribution in [1.29, 1.82) is 0 Å². The van der Waals surface area contributed by atoms with E-state index in [9.17, 15) is 4.79 Å². The number of thioether (sulfide) groups is 1. The fraction of sp³-hybridized carbons (Fsp3) is 0.588. The summed E-state index contributed by atoms with van der Waals surface area (Å²) in [5.41, 5.74) is 3.25. The van der Waals surface area contributed by atoms with Crippen molar-refractivity contribution < 1.29 is 9.53 Å². The van der Waals surface area contributed by atoms with E-state index in [2.05, 4.69) is 29.3 Å². The van der Waals surface area contributed by atoms with Gasteiger partial charge in [0.2, 0.25) is 0 Å². The van der Waals surface area contributed by atoms with Crippen molar-refractivity contribution in [2.24, 2.45) is 0 Å². The van der Waals surface area contributed by atoms with Gasteiger partial charge in [-0.25, -0.2) is 4.79 Å². The molecule has 2 fully saturated rings. The number of ether oxygens (including phenoxy) is 1. The second-order valence-corrected chi connectivity index (χ2v) is 7.38. The number of morpholine rings is 1. The first-order valence-electron chi connectivity index (χ1n) is 8.24. The molecule has 2 saturated heterocycles. The highest BCUT2D eigenvalue weighted by molar-refractivity contribution is 7.99. The number of nitrogens with one attached hydrogen (secondary N) is 1. The first kappa shape index (κ1) is 16.5. The Morgan fingerprint density at radius 2 is 2.09 bits per heavy atom. The Kier molecular flexibility index (Phi) is 5.33. The minimum atomic E-state index is -0.0367. The van der Waals surface area contributed by atoms with Crippen molar-refractivity contribution in [3.05, 3.63) is 23.8 Å². The molecule has 1 atom stereocenters. The van der Waals surface area contributed by atoms with Gasteiger partial charge in [0.05, 0.1) is 12.7 Å². The standard InChI is InChI=1S/C17H25N3O2S/c1-13-11-15(19-6-9-23-10-7-19)3-4-16(13)18-17(21)20-5-8-22-14(2)12-20/h3-4,11,14H,5-10,12H2,1-2H3,(H,18,21). The third-order valence-corrected chi connectivity index (χ3v) is 5.30. The summed E-state index contributed by atoms with van der Waals surface area (Å²) in [4.78, 5) is 16.6. The lowest BCUT2D eigenvalue weighted by molar-refractivity contribution is -0.00138. The molecule has 126 valence electrons. The number of hydrogen-bond donors (Lipinski definition) is 1. The van der Waals surface area contributed by atoms with Crippen molar-refractivity contribution in [2.75, 3.05) is 54.5 Å². The number of carbonyl (C=O) groups excluding carboxylic acids is 1. The Bertz CT molecular complexity index is 561. The number of nitrogens with zero attached hydrogens (tertiary/aromatic N) is 2. The molecule has 23 heavy (non-hydrogen) atoms. The number of benzene rings is 1. The Morgan fingerprint density at radius 3 is 2.78 bits per heavy atom. The highest BCUT2D eigenvalue weighted by atomic mass is 32.2. The first-order chi connectivity index (χ1) is 11.1. The van der Waals surface area contributed by atoms with E-state index in [0.29, 0.717) is 19.7 Å². The van der Waals surface area contributed by atoms with Gasteiger partial charge in [-0.2, -0.15) is 11.8 Å². The monoisotopic (exact) mass is 335 g/mol. The number of urea groups is 1. The summed E-state index contributed by atoms with van der Waals surface area (Å²) in [6.45, 7) is 8.16. The minimum Gasteiger partial charge on any atom is -0.375 e. The van der Waals surface area contributed by atoms with E-state index in [1.807, 2.05) is 29.7 Å². The van der Waals surface area contributed by atoms with Crippen molar-refractivity contribution in [2.45, 2.75) is 20.0 Å². The minimum absolute atomic E-state index is 0.0367. The fourth-order valence-corrected chi connectivity index (χ4v) is 3.91. The molecule has 1 N–H and O–H groups in total. The van der Waals surface area contributed by atoms with E-state index in [1.54, 1.807) is 0 Å². The Labute approximate surface area is 142 Å². The van der Waals surface area contributed by atoms with Gasteiger partial charge >= 0.3 is 6.03 Å². The van der Waals surface area contributed by atoms with Crippen LogP contribution in [-0.2, 0) is 4.74 Å². The number of anilines is 2. The molecule has 2 aliphatic rings. The highest BCUT2D eigenvalue weighted by Crippen LogP contribution is 2.25. The molecule has 3 rings (SSSR count). The largest absolute Gasteiger partial charge is 0.375 e. The van der Waals surface area contributed by atoms with E-state index in [-0.39, 0.29) is 12.1 Å². The average molecular weight is 335 g/mol. The predicted molar refractivity (Wildman–Crippen MR) is 96.7 cm³/mol. The van der Waals surface area contributed by atoms with E-state index in [1.165, 1.54) is 17.2 Å². The van der Waals surface area contributed by atoms with Crippen molar-refractivity contribution in [3.63, 3.8) is 0 Å². The summed E-state index contributed by atoms with van der Waals surface area (Å²) in [6, 6.07) is 6.27. The molecular weight excluding hydrogens is 310 g/mol. The lowest BCUT2D eigenvalue weighted by atomic mass is 10.1. The number of carbonyl (C=O) groups is 1. The fourth-order valence-electron chi connectivity index (χ4n) is 3.00. The maximum absolute atomic E-state index is 12.4. The van der Waals surface area contributed by atoms with Gasteiger partial charge < -0.3 is 19.9 Å². The van der Waals surface area contributed by atoms with Gasteiger partial charge in [0.15, 0.2) is 0 Å². The Morgan fingerprint density at radius 1 is 1.30 bits per heavy atom. The quantitative estimate of drug-likeness (QED) is 0.903. The molecule has 1 unspecified atom stereocenters. The van der Waals surface area contributed by atoms with Crippen LogP contribution in [0.3, 0.4) is 0 Å². The molecule has 0 saturated carbocycles. The zero-order valence-electron chi connectivity index (χ0n) is 13.9. The highest BCUT2D eigenvalue weighted by Gasteiger charge is 2.22. The summed E-state index contributed by atoms with van der Waals surface area (Å²) in [6.07, 6.45) is 0.106. The first-order valence-corrected chi connectivity index (χ1v) is 9.40. The van der Waals surface area contributed by atoms with Gasteiger partial charge in [-0.15, -0.1) is 0 Å². The van der Waals surface area contributed by atoms with E-state index in [0.717, 1.165) is 24.3 Å². The second kappa shape index (κ2) is 7.45. The molecular formula is C17H25N3O2S. The number of rotatable bonds is 2. The molecule has 0 radical (unpaired) electrons. The van der Waals surface area contributed by atoms with Crippen LogP contribution >= 0.6 is 11.8 Å². The normalized spacial score (nSPS) is 22.1. The van der Waals surface area contributed by atoms with Crippen LogP contribution in [0.1, 0.15) is 12.5 Å². The van der Waals surface area contributed by atoms with E-state index >= 15 is 0 Å². The van der Waals surface area contributed by atoms with Gasteiger partial charge in [-0.3, -0.25) is 0 Å². The zero-order chi connectivity index (χ0) is 16.2. The molecule has 0 aliphatic carbocycles. The van der Waals surface area contributed by atoms with Crippen LogP contribution in [0, 0.1) is 6.92 Å². The van der Waals surface area contributed by atoms with Crippen molar-refractivity contribution in [1.82, 2.24) is 4.90 Å². The van der Waals surface area contributed by atoms with Gasteiger partial charge in [0.25, 0.3) is 0 Å². The van der Waals surface area contributed by atoms with Gasteiger partial charge in [0.1, 0.15) is 0 Å². The van der Waals surface area contributed by atoms with E-state index in [4.69, 9.17) is 4.74 Å². The molecule has 6 heteroatoms. The van der Waals surface area contributed by atoms with Gasteiger partial charge in [-0.1, -0.05) is 0 Å². The van der Waals surface area contributed by atoms with Crippen molar-refractivity contribution in [3.8, 4) is 0 Å². The third-order valence-electron chi connectivity index (χ3n) is 4.36. The maximum atomic E-state index is 12.4.